The molecular weight excluding hydrogens is 209 g/mol. The maximum atomic E-state index is 13.0. The molecule has 1 rings (SSSR count). The summed E-state index contributed by atoms with van der Waals surface area (Å²) in [5, 5.41) is 0. The van der Waals surface area contributed by atoms with E-state index in [4.69, 9.17) is 0 Å². The summed E-state index contributed by atoms with van der Waals surface area (Å²) in [6.07, 6.45) is -0.402. The van der Waals surface area contributed by atoms with Gasteiger partial charge in [0.25, 0.3) is 0 Å². The third-order valence-electron chi connectivity index (χ3n) is 1.81. The van der Waals surface area contributed by atoms with Crippen molar-refractivity contribution in [3.8, 4) is 0 Å². The molecular formula is C10H7F3O2. The zero-order chi connectivity index (χ0) is 11.4. The van der Waals surface area contributed by atoms with E-state index in [9.17, 15) is 22.8 Å². The number of Topliss-reactive ketones (excluding diaryl/α,β-unsaturated/α-hetero) is 1. The van der Waals surface area contributed by atoms with Gasteiger partial charge in [-0.3, -0.25) is 4.79 Å². The topological polar surface area (TPSA) is 34.1 Å². The Morgan fingerprint density at radius 2 is 1.87 bits per heavy atom. The maximum absolute atomic E-state index is 13.0. The van der Waals surface area contributed by atoms with Gasteiger partial charge in [0.15, 0.2) is 17.5 Å². The fourth-order valence-corrected chi connectivity index (χ4v) is 1.08. The monoisotopic (exact) mass is 216 g/mol. The van der Waals surface area contributed by atoms with E-state index < -0.39 is 29.7 Å². The molecule has 1 aromatic rings. The highest BCUT2D eigenvalue weighted by atomic mass is 19.2. The minimum absolute atomic E-state index is 0.249. The largest absolute Gasteiger partial charge is 0.303 e. The van der Waals surface area contributed by atoms with Crippen LogP contribution in [0.3, 0.4) is 0 Å². The normalized spacial score (nSPS) is 10.1. The van der Waals surface area contributed by atoms with Crippen LogP contribution < -0.4 is 0 Å². The maximum Gasteiger partial charge on any atom is 0.194 e. The Hall–Kier alpha value is -1.65. The number of rotatable bonds is 4. The van der Waals surface area contributed by atoms with E-state index in [0.29, 0.717) is 6.29 Å². The summed E-state index contributed by atoms with van der Waals surface area (Å²) in [6, 6.07) is 1.72. The predicted molar refractivity (Wildman–Crippen MR) is 45.7 cm³/mol. The average Bonchev–Trinajstić information content (AvgIpc) is 2.20. The van der Waals surface area contributed by atoms with Gasteiger partial charge in [0.05, 0.1) is 6.42 Å². The van der Waals surface area contributed by atoms with Crippen LogP contribution >= 0.6 is 0 Å². The van der Waals surface area contributed by atoms with E-state index in [1.807, 2.05) is 0 Å². The molecule has 0 aliphatic heterocycles. The second-order valence-corrected chi connectivity index (χ2v) is 2.92. The molecule has 0 radical (unpaired) electrons. The molecule has 0 N–H and O–H groups in total. The van der Waals surface area contributed by atoms with Gasteiger partial charge in [-0.25, -0.2) is 13.2 Å². The fraction of sp³-hybridized carbons (Fsp3) is 0.200. The lowest BCUT2D eigenvalue weighted by molar-refractivity contribution is -0.121. The van der Waals surface area contributed by atoms with Crippen molar-refractivity contribution in [1.82, 2.24) is 0 Å². The molecule has 15 heavy (non-hydrogen) atoms. The van der Waals surface area contributed by atoms with Gasteiger partial charge in [-0.1, -0.05) is 6.07 Å². The molecule has 0 saturated heterocycles. The lowest BCUT2D eigenvalue weighted by Gasteiger charge is -2.02. The molecule has 1 aromatic carbocycles. The van der Waals surface area contributed by atoms with Crippen LogP contribution in [0.2, 0.25) is 0 Å². The Kier molecular flexibility index (Phi) is 3.60. The van der Waals surface area contributed by atoms with Crippen molar-refractivity contribution in [2.75, 3.05) is 0 Å². The third kappa shape index (κ3) is 2.65. The van der Waals surface area contributed by atoms with Gasteiger partial charge in [0.2, 0.25) is 0 Å². The Labute approximate surface area is 83.7 Å². The van der Waals surface area contributed by atoms with Crippen molar-refractivity contribution < 1.29 is 22.8 Å². The molecule has 0 saturated carbocycles. The molecule has 0 aliphatic carbocycles. The van der Waals surface area contributed by atoms with Crippen LogP contribution in [-0.2, 0) is 16.0 Å². The number of halogens is 3. The molecule has 0 atom stereocenters. The Bertz CT molecular complexity index is 402. The molecule has 0 amide bonds. The van der Waals surface area contributed by atoms with Crippen LogP contribution in [0.25, 0.3) is 0 Å². The average molecular weight is 216 g/mol. The van der Waals surface area contributed by atoms with Crippen molar-refractivity contribution in [2.45, 2.75) is 12.8 Å². The zero-order valence-corrected chi connectivity index (χ0v) is 7.60. The van der Waals surface area contributed by atoms with Gasteiger partial charge < -0.3 is 4.79 Å². The van der Waals surface area contributed by atoms with Crippen molar-refractivity contribution in [1.29, 1.82) is 0 Å². The quantitative estimate of drug-likeness (QED) is 0.437. The number of carbonyl (C=O) groups excluding carboxylic acids is 2. The van der Waals surface area contributed by atoms with Crippen molar-refractivity contribution in [2.24, 2.45) is 0 Å². The second-order valence-electron chi connectivity index (χ2n) is 2.92. The molecule has 0 bridgehead atoms. The van der Waals surface area contributed by atoms with Gasteiger partial charge in [-0.05, 0) is 11.6 Å². The summed E-state index contributed by atoms with van der Waals surface area (Å²) in [5.41, 5.74) is -0.249. The number of carbonyl (C=O) groups is 2. The smallest absolute Gasteiger partial charge is 0.194 e. The van der Waals surface area contributed by atoms with Crippen LogP contribution in [0.4, 0.5) is 13.2 Å². The lowest BCUT2D eigenvalue weighted by Crippen LogP contribution is -2.06. The van der Waals surface area contributed by atoms with Gasteiger partial charge >= 0.3 is 0 Å². The number of hydrogen-bond acceptors (Lipinski definition) is 2. The number of aldehydes is 1. The highest BCUT2D eigenvalue weighted by Crippen LogP contribution is 2.15. The van der Waals surface area contributed by atoms with Gasteiger partial charge in [-0.15, -0.1) is 0 Å². The minimum atomic E-state index is -1.61. The number of benzene rings is 1. The van der Waals surface area contributed by atoms with Crippen molar-refractivity contribution >= 4 is 12.1 Å². The SMILES string of the molecule is O=CCC(=O)Cc1ccc(F)c(F)c1F. The first-order valence-electron chi connectivity index (χ1n) is 4.14. The van der Waals surface area contributed by atoms with Gasteiger partial charge in [-0.2, -0.15) is 0 Å². The van der Waals surface area contributed by atoms with Crippen LogP contribution in [0.15, 0.2) is 12.1 Å². The van der Waals surface area contributed by atoms with E-state index in [-0.39, 0.29) is 12.0 Å². The molecule has 0 unspecified atom stereocenters. The van der Waals surface area contributed by atoms with Crippen LogP contribution in [0.5, 0.6) is 0 Å². The predicted octanol–water partition coefficient (Wildman–Crippen LogP) is 1.80. The van der Waals surface area contributed by atoms with E-state index >= 15 is 0 Å². The highest BCUT2D eigenvalue weighted by Gasteiger charge is 2.15. The molecule has 0 heterocycles. The number of hydrogen-bond donors (Lipinski definition) is 0. The standard InChI is InChI=1S/C10H7F3O2/c11-8-2-1-6(9(12)10(8)13)5-7(15)3-4-14/h1-2,4H,3,5H2. The molecule has 80 valence electrons. The first-order valence-corrected chi connectivity index (χ1v) is 4.14. The van der Waals surface area contributed by atoms with Crippen LogP contribution in [-0.4, -0.2) is 12.1 Å². The summed E-state index contributed by atoms with van der Waals surface area (Å²) >= 11 is 0. The van der Waals surface area contributed by atoms with Crippen molar-refractivity contribution in [3.05, 3.63) is 35.1 Å². The first-order chi connectivity index (χ1) is 7.06. The van der Waals surface area contributed by atoms with E-state index in [1.54, 1.807) is 0 Å². The van der Waals surface area contributed by atoms with E-state index in [0.717, 1.165) is 12.1 Å². The van der Waals surface area contributed by atoms with E-state index in [2.05, 4.69) is 0 Å². The second kappa shape index (κ2) is 4.72. The Morgan fingerprint density at radius 3 is 2.47 bits per heavy atom. The molecule has 0 aliphatic rings. The molecule has 2 nitrogen and oxygen atoms in total. The first kappa shape index (κ1) is 11.4. The third-order valence-corrected chi connectivity index (χ3v) is 1.81. The van der Waals surface area contributed by atoms with Gasteiger partial charge in [0.1, 0.15) is 12.1 Å². The zero-order valence-electron chi connectivity index (χ0n) is 7.60. The molecule has 5 heteroatoms. The minimum Gasteiger partial charge on any atom is -0.303 e. The summed E-state index contributed by atoms with van der Waals surface area (Å²) in [7, 11) is 0. The van der Waals surface area contributed by atoms with E-state index in [1.165, 1.54) is 0 Å². The Balaban J connectivity index is 2.91. The highest BCUT2D eigenvalue weighted by molar-refractivity contribution is 5.91. The summed E-state index contributed by atoms with van der Waals surface area (Å²) < 4.78 is 38.2. The van der Waals surface area contributed by atoms with Crippen molar-refractivity contribution in [3.63, 3.8) is 0 Å². The molecule has 0 spiro atoms. The molecule has 0 fully saturated rings. The van der Waals surface area contributed by atoms with Gasteiger partial charge in [0, 0.05) is 6.42 Å². The van der Waals surface area contributed by atoms with Crippen LogP contribution in [0, 0.1) is 17.5 Å². The number of ketones is 1. The lowest BCUT2D eigenvalue weighted by atomic mass is 10.1. The molecule has 0 aromatic heterocycles. The fourth-order valence-electron chi connectivity index (χ4n) is 1.08. The van der Waals surface area contributed by atoms with Crippen LogP contribution in [0.1, 0.15) is 12.0 Å². The summed E-state index contributed by atoms with van der Waals surface area (Å²) in [6.45, 7) is 0. The summed E-state index contributed by atoms with van der Waals surface area (Å²) in [4.78, 5) is 20.9. The Morgan fingerprint density at radius 1 is 1.20 bits per heavy atom. The summed E-state index contributed by atoms with van der Waals surface area (Å²) in [5.74, 6) is -4.84.